The summed E-state index contributed by atoms with van der Waals surface area (Å²) in [5, 5.41) is 4.58. The van der Waals surface area contributed by atoms with Crippen LogP contribution in [0.3, 0.4) is 0 Å². The van der Waals surface area contributed by atoms with Gasteiger partial charge in [-0.2, -0.15) is 5.01 Å². The highest BCUT2D eigenvalue weighted by atomic mass is 16.2. The minimum absolute atomic E-state index is 0.356. The molecule has 0 bridgehead atoms. The minimum atomic E-state index is -0.846. The van der Waals surface area contributed by atoms with Gasteiger partial charge in [0.05, 0.1) is 0 Å². The average Bonchev–Trinajstić information content (AvgIpc) is 3.04. The third-order valence-electron chi connectivity index (χ3n) is 5.65. The molecule has 2 aliphatic rings. The molecule has 0 radical (unpaired) electrons. The molecular formula is C19H22N4O3. The summed E-state index contributed by atoms with van der Waals surface area (Å²) in [5.74, 6) is -0.827. The molecule has 1 aromatic carbocycles. The van der Waals surface area contributed by atoms with Crippen molar-refractivity contribution in [2.45, 2.75) is 51.5 Å². The lowest BCUT2D eigenvalue weighted by Gasteiger charge is -2.30. The Balaban J connectivity index is 1.57. The van der Waals surface area contributed by atoms with Crippen molar-refractivity contribution in [1.82, 2.24) is 20.7 Å². The summed E-state index contributed by atoms with van der Waals surface area (Å²) in [5.41, 5.74) is 5.11. The van der Waals surface area contributed by atoms with E-state index in [1.54, 1.807) is 12.1 Å². The minimum Gasteiger partial charge on any atom is -0.358 e. The Kier molecular flexibility index (Phi) is 3.75. The van der Waals surface area contributed by atoms with E-state index < -0.39 is 17.5 Å². The summed E-state index contributed by atoms with van der Waals surface area (Å²) in [6.07, 6.45) is 4.11. The fraction of sp³-hybridized carbons (Fsp3) is 0.421. The SMILES string of the molecule is Cc1[nH]c2ccc(C(=O)NN3C(=O)NC4(CCCCC4)C3=O)cc2c1C. The first-order valence-corrected chi connectivity index (χ1v) is 8.98. The molecule has 1 spiro atoms. The lowest BCUT2D eigenvalue weighted by Crippen LogP contribution is -2.50. The van der Waals surface area contributed by atoms with Crippen molar-refractivity contribution in [1.29, 1.82) is 0 Å². The number of hydrogen-bond donors (Lipinski definition) is 3. The van der Waals surface area contributed by atoms with E-state index in [4.69, 9.17) is 0 Å². The van der Waals surface area contributed by atoms with Crippen molar-refractivity contribution >= 4 is 28.7 Å². The Morgan fingerprint density at radius 3 is 2.62 bits per heavy atom. The zero-order chi connectivity index (χ0) is 18.5. The summed E-state index contributed by atoms with van der Waals surface area (Å²) in [6, 6.07) is 4.74. The number of rotatable bonds is 2. The molecule has 7 nitrogen and oxygen atoms in total. The van der Waals surface area contributed by atoms with Crippen LogP contribution in [0.15, 0.2) is 18.2 Å². The van der Waals surface area contributed by atoms with Gasteiger partial charge in [0, 0.05) is 22.2 Å². The van der Waals surface area contributed by atoms with E-state index in [2.05, 4.69) is 15.7 Å². The van der Waals surface area contributed by atoms with Gasteiger partial charge in [-0.15, -0.1) is 0 Å². The number of fused-ring (bicyclic) bond motifs is 1. The molecule has 1 aliphatic heterocycles. The van der Waals surface area contributed by atoms with Gasteiger partial charge >= 0.3 is 6.03 Å². The predicted octanol–water partition coefficient (Wildman–Crippen LogP) is 2.68. The number of nitrogens with one attached hydrogen (secondary N) is 3. The first kappa shape index (κ1) is 16.6. The molecule has 26 heavy (non-hydrogen) atoms. The Hall–Kier alpha value is -2.83. The van der Waals surface area contributed by atoms with Crippen molar-refractivity contribution in [3.05, 3.63) is 35.0 Å². The van der Waals surface area contributed by atoms with Gasteiger partial charge < -0.3 is 10.3 Å². The maximum Gasteiger partial charge on any atom is 0.344 e. The third kappa shape index (κ3) is 2.46. The molecule has 0 atom stereocenters. The number of imide groups is 1. The first-order chi connectivity index (χ1) is 12.4. The van der Waals surface area contributed by atoms with E-state index >= 15 is 0 Å². The van der Waals surface area contributed by atoms with Crippen molar-refractivity contribution in [3.8, 4) is 0 Å². The van der Waals surface area contributed by atoms with Crippen molar-refractivity contribution in [2.75, 3.05) is 0 Å². The van der Waals surface area contributed by atoms with E-state index in [0.717, 1.165) is 46.4 Å². The van der Waals surface area contributed by atoms with Crippen LogP contribution < -0.4 is 10.7 Å². The summed E-state index contributed by atoms with van der Waals surface area (Å²) in [4.78, 5) is 40.9. The van der Waals surface area contributed by atoms with Crippen molar-refractivity contribution in [2.24, 2.45) is 0 Å². The highest BCUT2D eigenvalue weighted by Gasteiger charge is 2.52. The number of aryl methyl sites for hydroxylation is 2. The van der Waals surface area contributed by atoms with Gasteiger partial charge in [-0.05, 0) is 50.5 Å². The number of aromatic nitrogens is 1. The normalized spacial score (nSPS) is 19.2. The smallest absolute Gasteiger partial charge is 0.344 e. The Labute approximate surface area is 151 Å². The monoisotopic (exact) mass is 354 g/mol. The highest BCUT2D eigenvalue weighted by Crippen LogP contribution is 2.33. The molecule has 2 aromatic rings. The van der Waals surface area contributed by atoms with Crippen LogP contribution in [0.25, 0.3) is 10.9 Å². The number of aromatic amines is 1. The highest BCUT2D eigenvalue weighted by molar-refractivity contribution is 6.09. The van der Waals surface area contributed by atoms with Gasteiger partial charge in [-0.3, -0.25) is 15.0 Å². The van der Waals surface area contributed by atoms with Gasteiger partial charge in [0.25, 0.3) is 11.8 Å². The molecule has 1 aromatic heterocycles. The van der Waals surface area contributed by atoms with E-state index in [-0.39, 0.29) is 5.91 Å². The summed E-state index contributed by atoms with van der Waals surface area (Å²) in [7, 11) is 0. The van der Waals surface area contributed by atoms with Crippen LogP contribution in [-0.4, -0.2) is 33.4 Å². The first-order valence-electron chi connectivity index (χ1n) is 8.98. The predicted molar refractivity (Wildman–Crippen MR) is 96.4 cm³/mol. The topological polar surface area (TPSA) is 94.3 Å². The summed E-state index contributed by atoms with van der Waals surface area (Å²) < 4.78 is 0. The molecular weight excluding hydrogens is 332 g/mol. The average molecular weight is 354 g/mol. The molecule has 4 amide bonds. The number of hydrogen-bond acceptors (Lipinski definition) is 3. The second-order valence-corrected chi connectivity index (χ2v) is 7.29. The van der Waals surface area contributed by atoms with Crippen LogP contribution in [0.1, 0.15) is 53.7 Å². The van der Waals surface area contributed by atoms with Crippen molar-refractivity contribution < 1.29 is 14.4 Å². The quantitative estimate of drug-likeness (QED) is 0.724. The number of benzene rings is 1. The Morgan fingerprint density at radius 1 is 1.15 bits per heavy atom. The number of amides is 4. The van der Waals surface area contributed by atoms with Crippen LogP contribution in [0.2, 0.25) is 0 Å². The Morgan fingerprint density at radius 2 is 1.88 bits per heavy atom. The largest absolute Gasteiger partial charge is 0.358 e. The molecule has 3 N–H and O–H groups in total. The van der Waals surface area contributed by atoms with E-state index in [1.807, 2.05) is 19.9 Å². The van der Waals surface area contributed by atoms with Crippen molar-refractivity contribution in [3.63, 3.8) is 0 Å². The number of urea groups is 1. The Bertz CT molecular complexity index is 924. The number of H-pyrrole nitrogens is 1. The molecule has 1 aliphatic carbocycles. The van der Waals surface area contributed by atoms with E-state index in [1.165, 1.54) is 0 Å². The second kappa shape index (κ2) is 5.86. The van der Waals surface area contributed by atoms with Gasteiger partial charge in [0.1, 0.15) is 5.54 Å². The number of carbonyl (C=O) groups excluding carboxylic acids is 3. The second-order valence-electron chi connectivity index (χ2n) is 7.29. The lowest BCUT2D eigenvalue weighted by atomic mass is 9.82. The number of carbonyl (C=O) groups is 3. The summed E-state index contributed by atoms with van der Waals surface area (Å²) in [6.45, 7) is 3.96. The standard InChI is InChI=1S/C19H22N4O3/c1-11-12(2)20-15-7-6-13(10-14(11)15)16(24)22-23-17(25)19(21-18(23)26)8-4-3-5-9-19/h6-7,10,20H,3-5,8-9H2,1-2H3,(H,21,26)(H,22,24). The maximum atomic E-state index is 12.8. The van der Waals surface area contributed by atoms with E-state index in [9.17, 15) is 14.4 Å². The van der Waals surface area contributed by atoms with Gasteiger partial charge in [-0.25, -0.2) is 4.79 Å². The maximum absolute atomic E-state index is 12.8. The molecule has 0 unspecified atom stereocenters. The molecule has 2 fully saturated rings. The van der Waals surface area contributed by atoms with Crippen LogP contribution in [0.5, 0.6) is 0 Å². The molecule has 136 valence electrons. The molecule has 1 saturated carbocycles. The number of nitrogens with zero attached hydrogens (tertiary/aromatic N) is 1. The molecule has 2 heterocycles. The molecule has 4 rings (SSSR count). The van der Waals surface area contributed by atoms with Gasteiger partial charge in [0.15, 0.2) is 0 Å². The van der Waals surface area contributed by atoms with Gasteiger partial charge in [0.2, 0.25) is 0 Å². The van der Waals surface area contributed by atoms with Crippen LogP contribution in [0.4, 0.5) is 4.79 Å². The van der Waals surface area contributed by atoms with Crippen LogP contribution in [0, 0.1) is 13.8 Å². The zero-order valence-electron chi connectivity index (χ0n) is 14.9. The lowest BCUT2D eigenvalue weighted by molar-refractivity contribution is -0.134. The fourth-order valence-corrected chi connectivity index (χ4v) is 3.98. The zero-order valence-corrected chi connectivity index (χ0v) is 14.9. The molecule has 7 heteroatoms. The van der Waals surface area contributed by atoms with Crippen LogP contribution in [-0.2, 0) is 4.79 Å². The molecule has 1 saturated heterocycles. The van der Waals surface area contributed by atoms with Gasteiger partial charge in [-0.1, -0.05) is 19.3 Å². The number of hydrazine groups is 1. The third-order valence-corrected chi connectivity index (χ3v) is 5.65. The van der Waals surface area contributed by atoms with Crippen LogP contribution >= 0.6 is 0 Å². The van der Waals surface area contributed by atoms with E-state index in [0.29, 0.717) is 18.4 Å². The fourth-order valence-electron chi connectivity index (χ4n) is 3.98. The summed E-state index contributed by atoms with van der Waals surface area (Å²) >= 11 is 0.